The molecule has 0 aliphatic heterocycles. The summed E-state index contributed by atoms with van der Waals surface area (Å²) in [6, 6.07) is 4.73. The molecule has 18 heavy (non-hydrogen) atoms. The number of hydrogen-bond acceptors (Lipinski definition) is 5. The number of aliphatic hydroxyl groups excluding tert-OH is 1. The molecule has 100 valence electrons. The Morgan fingerprint density at radius 3 is 2.72 bits per heavy atom. The first-order valence-corrected chi connectivity index (χ1v) is 5.67. The predicted molar refractivity (Wildman–Crippen MR) is 69.2 cm³/mol. The van der Waals surface area contributed by atoms with E-state index in [9.17, 15) is 15.2 Å². The third-order valence-corrected chi connectivity index (χ3v) is 2.67. The minimum absolute atomic E-state index is 0.00226. The number of aliphatic hydroxyl groups is 1. The van der Waals surface area contributed by atoms with Crippen LogP contribution in [-0.2, 0) is 0 Å². The van der Waals surface area contributed by atoms with Gasteiger partial charge in [-0.1, -0.05) is 0 Å². The molecule has 1 aromatic rings. The van der Waals surface area contributed by atoms with Crippen LogP contribution in [0.3, 0.4) is 0 Å². The zero-order chi connectivity index (χ0) is 13.7. The average molecular weight is 254 g/mol. The fourth-order valence-electron chi connectivity index (χ4n) is 1.60. The van der Waals surface area contributed by atoms with Gasteiger partial charge in [-0.25, -0.2) is 0 Å². The summed E-state index contributed by atoms with van der Waals surface area (Å²) < 4.78 is 4.97. The van der Waals surface area contributed by atoms with E-state index in [4.69, 9.17) is 4.74 Å². The molecule has 0 radical (unpaired) electrons. The first kappa shape index (κ1) is 14.2. The summed E-state index contributed by atoms with van der Waals surface area (Å²) in [5.74, 6) is 0.453. The minimum Gasteiger partial charge on any atom is -0.496 e. The van der Waals surface area contributed by atoms with E-state index < -0.39 is 11.0 Å². The highest BCUT2D eigenvalue weighted by molar-refractivity contribution is 5.65. The molecule has 0 fully saturated rings. The SMILES string of the molecule is COc1ccc(N(C)CCC(C)O)c([N+](=O)[O-])c1. The van der Waals surface area contributed by atoms with Gasteiger partial charge in [-0.15, -0.1) is 0 Å². The average Bonchev–Trinajstić information content (AvgIpc) is 2.34. The summed E-state index contributed by atoms with van der Waals surface area (Å²) in [4.78, 5) is 12.3. The van der Waals surface area contributed by atoms with E-state index in [0.717, 1.165) is 0 Å². The number of anilines is 1. The summed E-state index contributed by atoms with van der Waals surface area (Å²) in [6.45, 7) is 2.24. The summed E-state index contributed by atoms with van der Waals surface area (Å²) in [6.07, 6.45) is 0.129. The van der Waals surface area contributed by atoms with Gasteiger partial charge in [0.2, 0.25) is 0 Å². The number of nitro groups is 1. The first-order chi connectivity index (χ1) is 8.45. The molecule has 0 spiro atoms. The molecule has 1 N–H and O–H groups in total. The highest BCUT2D eigenvalue weighted by Gasteiger charge is 2.18. The van der Waals surface area contributed by atoms with Crippen molar-refractivity contribution in [1.29, 1.82) is 0 Å². The Morgan fingerprint density at radius 1 is 1.56 bits per heavy atom. The largest absolute Gasteiger partial charge is 0.496 e. The lowest BCUT2D eigenvalue weighted by atomic mass is 10.2. The molecule has 0 heterocycles. The molecule has 1 rings (SSSR count). The van der Waals surface area contributed by atoms with Gasteiger partial charge in [0.05, 0.1) is 24.2 Å². The van der Waals surface area contributed by atoms with Crippen LogP contribution in [0.2, 0.25) is 0 Å². The van der Waals surface area contributed by atoms with Gasteiger partial charge in [-0.2, -0.15) is 0 Å². The van der Waals surface area contributed by atoms with Crippen molar-refractivity contribution in [2.45, 2.75) is 19.4 Å². The Balaban J connectivity index is 2.96. The third-order valence-electron chi connectivity index (χ3n) is 2.67. The number of hydrogen-bond donors (Lipinski definition) is 1. The molecule has 0 amide bonds. The maximum absolute atomic E-state index is 11.0. The van der Waals surface area contributed by atoms with E-state index in [1.807, 2.05) is 0 Å². The lowest BCUT2D eigenvalue weighted by molar-refractivity contribution is -0.384. The van der Waals surface area contributed by atoms with Crippen molar-refractivity contribution in [1.82, 2.24) is 0 Å². The van der Waals surface area contributed by atoms with Gasteiger partial charge in [0.25, 0.3) is 5.69 Å². The minimum atomic E-state index is -0.434. The van der Waals surface area contributed by atoms with Crippen molar-refractivity contribution in [3.8, 4) is 5.75 Å². The molecular formula is C12H18N2O4. The van der Waals surface area contributed by atoms with Gasteiger partial charge < -0.3 is 14.7 Å². The summed E-state index contributed by atoms with van der Waals surface area (Å²) in [7, 11) is 3.23. The molecule has 0 bridgehead atoms. The topological polar surface area (TPSA) is 75.8 Å². The molecule has 0 aliphatic rings. The Labute approximate surface area is 106 Å². The van der Waals surface area contributed by atoms with Crippen LogP contribution in [-0.4, -0.2) is 36.8 Å². The maximum atomic E-state index is 11.0. The number of methoxy groups -OCH3 is 1. The normalized spacial score (nSPS) is 12.0. The highest BCUT2D eigenvalue weighted by atomic mass is 16.6. The van der Waals surface area contributed by atoms with Gasteiger partial charge >= 0.3 is 0 Å². The second kappa shape index (κ2) is 6.20. The van der Waals surface area contributed by atoms with Gasteiger partial charge in [0.1, 0.15) is 11.4 Å². The van der Waals surface area contributed by atoms with Crippen molar-refractivity contribution in [3.63, 3.8) is 0 Å². The lowest BCUT2D eigenvalue weighted by Gasteiger charge is -2.20. The van der Waals surface area contributed by atoms with Crippen LogP contribution in [0.4, 0.5) is 11.4 Å². The summed E-state index contributed by atoms with van der Waals surface area (Å²) >= 11 is 0. The summed E-state index contributed by atoms with van der Waals surface area (Å²) in [5, 5.41) is 20.2. The highest BCUT2D eigenvalue weighted by Crippen LogP contribution is 2.31. The molecule has 1 aromatic carbocycles. The Hall–Kier alpha value is -1.82. The molecule has 0 saturated heterocycles. The second-order valence-corrected chi connectivity index (χ2v) is 4.17. The van der Waals surface area contributed by atoms with Crippen LogP contribution in [0.5, 0.6) is 5.75 Å². The van der Waals surface area contributed by atoms with E-state index in [-0.39, 0.29) is 5.69 Å². The molecule has 6 nitrogen and oxygen atoms in total. The fourth-order valence-corrected chi connectivity index (χ4v) is 1.60. The number of rotatable bonds is 6. The zero-order valence-corrected chi connectivity index (χ0v) is 10.8. The van der Waals surface area contributed by atoms with E-state index in [0.29, 0.717) is 24.4 Å². The smallest absolute Gasteiger partial charge is 0.296 e. The van der Waals surface area contributed by atoms with Crippen LogP contribution < -0.4 is 9.64 Å². The van der Waals surface area contributed by atoms with Crippen LogP contribution in [0.1, 0.15) is 13.3 Å². The molecule has 1 unspecified atom stereocenters. The molecule has 0 saturated carbocycles. The van der Waals surface area contributed by atoms with Gasteiger partial charge in [0.15, 0.2) is 0 Å². The van der Waals surface area contributed by atoms with Gasteiger partial charge in [-0.3, -0.25) is 10.1 Å². The summed E-state index contributed by atoms with van der Waals surface area (Å²) in [5.41, 5.74) is 0.517. The van der Waals surface area contributed by atoms with Crippen LogP contribution >= 0.6 is 0 Å². The van der Waals surface area contributed by atoms with Crippen molar-refractivity contribution in [2.24, 2.45) is 0 Å². The van der Waals surface area contributed by atoms with Gasteiger partial charge in [0, 0.05) is 13.6 Å². The Bertz CT molecular complexity index is 421. The standard InChI is InChI=1S/C12H18N2O4/c1-9(15)6-7-13(2)11-5-4-10(18-3)8-12(11)14(16)17/h4-5,8-9,15H,6-7H2,1-3H3. The number of benzene rings is 1. The first-order valence-electron chi connectivity index (χ1n) is 5.67. The van der Waals surface area contributed by atoms with E-state index in [1.54, 1.807) is 31.0 Å². The van der Waals surface area contributed by atoms with Gasteiger partial charge in [-0.05, 0) is 25.5 Å². The molecule has 0 aromatic heterocycles. The number of ether oxygens (including phenoxy) is 1. The van der Waals surface area contributed by atoms with E-state index in [2.05, 4.69) is 0 Å². The molecule has 1 atom stereocenters. The molecular weight excluding hydrogens is 236 g/mol. The fraction of sp³-hybridized carbons (Fsp3) is 0.500. The van der Waals surface area contributed by atoms with E-state index >= 15 is 0 Å². The number of nitro benzene ring substituents is 1. The lowest BCUT2D eigenvalue weighted by Crippen LogP contribution is -2.22. The Kier molecular flexibility index (Phi) is 4.91. The van der Waals surface area contributed by atoms with Crippen molar-refractivity contribution in [2.75, 3.05) is 25.6 Å². The third kappa shape index (κ3) is 3.59. The molecule has 0 aliphatic carbocycles. The van der Waals surface area contributed by atoms with Crippen LogP contribution in [0, 0.1) is 10.1 Å². The Morgan fingerprint density at radius 2 is 2.22 bits per heavy atom. The maximum Gasteiger partial charge on any atom is 0.296 e. The van der Waals surface area contributed by atoms with E-state index in [1.165, 1.54) is 13.2 Å². The van der Waals surface area contributed by atoms with Crippen LogP contribution in [0.15, 0.2) is 18.2 Å². The van der Waals surface area contributed by atoms with Crippen molar-refractivity contribution >= 4 is 11.4 Å². The van der Waals surface area contributed by atoms with Crippen molar-refractivity contribution < 1.29 is 14.8 Å². The second-order valence-electron chi connectivity index (χ2n) is 4.17. The van der Waals surface area contributed by atoms with Crippen molar-refractivity contribution in [3.05, 3.63) is 28.3 Å². The quantitative estimate of drug-likeness (QED) is 0.619. The monoisotopic (exact) mass is 254 g/mol. The number of nitrogens with zero attached hydrogens (tertiary/aromatic N) is 2. The zero-order valence-electron chi connectivity index (χ0n) is 10.8. The predicted octanol–water partition coefficient (Wildman–Crippen LogP) is 1.81. The molecule has 6 heteroatoms. The van der Waals surface area contributed by atoms with Crippen LogP contribution in [0.25, 0.3) is 0 Å².